The van der Waals surface area contributed by atoms with E-state index in [0.717, 1.165) is 4.90 Å². The summed E-state index contributed by atoms with van der Waals surface area (Å²) in [7, 11) is 1.17. The Morgan fingerprint density at radius 3 is 2.02 bits per heavy atom. The van der Waals surface area contributed by atoms with E-state index in [9.17, 15) is 33.9 Å². The summed E-state index contributed by atoms with van der Waals surface area (Å²) in [6.07, 6.45) is -0.372. The number of aliphatic carboxylic acids is 1. The summed E-state index contributed by atoms with van der Waals surface area (Å²) in [5.41, 5.74) is 17.7. The van der Waals surface area contributed by atoms with E-state index in [2.05, 4.69) is 30.7 Å². The first-order valence-corrected chi connectivity index (χ1v) is 14.2. The lowest BCUT2D eigenvalue weighted by Crippen LogP contribution is -2.60. The largest absolute Gasteiger partial charge is 0.480 e. The summed E-state index contributed by atoms with van der Waals surface area (Å²) >= 11 is 0. The van der Waals surface area contributed by atoms with E-state index < -0.39 is 48.9 Å². The Labute approximate surface area is 269 Å². The minimum absolute atomic E-state index is 0.00382. The number of amides is 5. The van der Waals surface area contributed by atoms with Gasteiger partial charge in [-0.1, -0.05) is 0 Å². The molecule has 18 heteroatoms. The van der Waals surface area contributed by atoms with Crippen molar-refractivity contribution in [2.45, 2.75) is 18.9 Å². The molecule has 1 heterocycles. The number of carbonyl (C=O) groups is 6. The molecular weight excluding hydrogens is 616 g/mol. The fourth-order valence-corrected chi connectivity index (χ4v) is 4.54. The van der Waals surface area contributed by atoms with E-state index >= 15 is 0 Å². The minimum atomic E-state index is -1.19. The van der Waals surface area contributed by atoms with Gasteiger partial charge in [-0.05, 0) is 61.4 Å². The summed E-state index contributed by atoms with van der Waals surface area (Å²) in [6.45, 7) is -0.722. The molecule has 1 aliphatic heterocycles. The average molecular weight is 653 g/mol. The maximum absolute atomic E-state index is 13.2. The Kier molecular flexibility index (Phi) is 12.6. The van der Waals surface area contributed by atoms with Crippen LogP contribution in [0.2, 0.25) is 0 Å². The summed E-state index contributed by atoms with van der Waals surface area (Å²) < 4.78 is 4.43. The highest BCUT2D eigenvalue weighted by Gasteiger charge is 2.37. The van der Waals surface area contributed by atoms with E-state index in [0.29, 0.717) is 23.4 Å². The first-order valence-electron chi connectivity index (χ1n) is 14.2. The molecule has 250 valence electrons. The van der Waals surface area contributed by atoms with Crippen molar-refractivity contribution in [3.05, 3.63) is 59.7 Å². The van der Waals surface area contributed by atoms with E-state index in [1.807, 2.05) is 0 Å². The third-order valence-electron chi connectivity index (χ3n) is 6.75. The summed E-state index contributed by atoms with van der Waals surface area (Å²) in [4.78, 5) is 84.5. The number of aliphatic imine (C=N–C) groups is 2. The number of carboxylic acids is 1. The van der Waals surface area contributed by atoms with Gasteiger partial charge in [0.25, 0.3) is 11.8 Å². The molecule has 1 fully saturated rings. The van der Waals surface area contributed by atoms with Crippen molar-refractivity contribution in [2.24, 2.45) is 27.2 Å². The molecule has 2 aromatic carbocycles. The Morgan fingerprint density at radius 2 is 1.47 bits per heavy atom. The number of carboxylic acid groups (broad SMARTS) is 1. The molecule has 2 aromatic rings. The summed E-state index contributed by atoms with van der Waals surface area (Å²) in [5.74, 6) is -3.56. The molecule has 1 unspecified atom stereocenters. The first-order chi connectivity index (χ1) is 22.4. The SMILES string of the molecule is COC(=O)NC(N)=Nc1ccc(C(=O)NCC(=O)N2CCN(CC(=O)O)C(=O)C2CCCNC(=O)c2ccc(N=C(N)N)cc2)cc1. The second-order valence-electron chi connectivity index (χ2n) is 10.1. The van der Waals surface area contributed by atoms with Crippen LogP contribution in [0, 0.1) is 0 Å². The van der Waals surface area contributed by atoms with Crippen molar-refractivity contribution in [1.82, 2.24) is 25.8 Å². The molecule has 0 aromatic heterocycles. The molecule has 47 heavy (non-hydrogen) atoms. The van der Waals surface area contributed by atoms with Gasteiger partial charge in [0.1, 0.15) is 12.6 Å². The lowest BCUT2D eigenvalue weighted by molar-refractivity contribution is -0.155. The summed E-state index contributed by atoms with van der Waals surface area (Å²) in [5, 5.41) is 16.7. The van der Waals surface area contributed by atoms with Crippen LogP contribution in [0.3, 0.4) is 0 Å². The van der Waals surface area contributed by atoms with Crippen molar-refractivity contribution in [3.63, 3.8) is 0 Å². The van der Waals surface area contributed by atoms with Gasteiger partial charge in [0, 0.05) is 30.8 Å². The highest BCUT2D eigenvalue weighted by Crippen LogP contribution is 2.18. The van der Waals surface area contributed by atoms with Crippen LogP contribution in [-0.2, 0) is 19.1 Å². The lowest BCUT2D eigenvalue weighted by Gasteiger charge is -2.40. The molecule has 3 rings (SSSR count). The normalized spacial score (nSPS) is 14.5. The van der Waals surface area contributed by atoms with Crippen LogP contribution < -0.4 is 33.2 Å². The number of nitrogens with two attached hydrogens (primary N) is 3. The molecular formula is C29H36N10O8. The van der Waals surface area contributed by atoms with Gasteiger partial charge >= 0.3 is 12.1 Å². The lowest BCUT2D eigenvalue weighted by atomic mass is 10.0. The zero-order valence-electron chi connectivity index (χ0n) is 25.5. The van der Waals surface area contributed by atoms with Gasteiger partial charge in [0.05, 0.1) is 25.0 Å². The summed E-state index contributed by atoms with van der Waals surface area (Å²) in [6, 6.07) is 11.1. The van der Waals surface area contributed by atoms with Gasteiger partial charge in [-0.3, -0.25) is 29.3 Å². The van der Waals surface area contributed by atoms with Crippen molar-refractivity contribution in [1.29, 1.82) is 0 Å². The number of piperazine rings is 1. The van der Waals surface area contributed by atoms with Crippen molar-refractivity contribution in [2.75, 3.05) is 39.8 Å². The van der Waals surface area contributed by atoms with E-state index in [-0.39, 0.29) is 49.4 Å². The number of alkyl carbamates (subject to hydrolysis) is 1. The number of nitrogens with zero attached hydrogens (tertiary/aromatic N) is 4. The molecule has 5 amide bonds. The van der Waals surface area contributed by atoms with Gasteiger partial charge in [-0.15, -0.1) is 0 Å². The van der Waals surface area contributed by atoms with E-state index in [1.165, 1.54) is 36.3 Å². The van der Waals surface area contributed by atoms with Crippen LogP contribution in [-0.4, -0.2) is 108 Å². The first kappa shape index (κ1) is 35.3. The number of nitrogens with one attached hydrogen (secondary N) is 3. The highest BCUT2D eigenvalue weighted by atomic mass is 16.5. The monoisotopic (exact) mass is 652 g/mol. The van der Waals surface area contributed by atoms with Gasteiger partial charge in [0.2, 0.25) is 17.8 Å². The minimum Gasteiger partial charge on any atom is -0.480 e. The van der Waals surface area contributed by atoms with Crippen molar-refractivity contribution in [3.8, 4) is 0 Å². The molecule has 1 atom stereocenters. The maximum atomic E-state index is 13.2. The van der Waals surface area contributed by atoms with Crippen LogP contribution in [0.25, 0.3) is 0 Å². The smallest absolute Gasteiger partial charge is 0.413 e. The number of guanidine groups is 2. The standard InChI is InChI=1S/C29H36N10O8/c1-47-29(46)37-28(32)36-20-10-6-18(7-11-20)25(44)34-15-22(40)39-14-13-38(16-23(41)42)26(45)21(39)3-2-12-33-24(43)17-4-8-19(9-5-17)35-27(30)31/h4-11,21H,2-3,12-16H2,1H3,(H,33,43)(H,34,44)(H,41,42)(H4,30,31,35)(H3,32,36,37,46). The predicted molar refractivity (Wildman–Crippen MR) is 169 cm³/mol. The topological polar surface area (TPSA) is 277 Å². The third kappa shape index (κ3) is 10.7. The van der Waals surface area contributed by atoms with Crippen LogP contribution in [0.4, 0.5) is 16.2 Å². The fourth-order valence-electron chi connectivity index (χ4n) is 4.54. The number of ether oxygens (including phenoxy) is 1. The van der Waals surface area contributed by atoms with Gasteiger partial charge < -0.3 is 47.5 Å². The molecule has 0 aliphatic carbocycles. The fraction of sp³-hybridized carbons (Fsp3) is 0.310. The molecule has 0 spiro atoms. The Bertz CT molecular complexity index is 1540. The predicted octanol–water partition coefficient (Wildman–Crippen LogP) is -1.04. The molecule has 0 saturated carbocycles. The number of methoxy groups -OCH3 is 1. The quantitative estimate of drug-likeness (QED) is 0.0826. The molecule has 18 nitrogen and oxygen atoms in total. The number of rotatable bonds is 12. The Hall–Kier alpha value is -6.20. The van der Waals surface area contributed by atoms with Crippen molar-refractivity contribution < 1.29 is 38.6 Å². The number of hydrogen-bond donors (Lipinski definition) is 7. The Balaban J connectivity index is 1.58. The van der Waals surface area contributed by atoms with Crippen molar-refractivity contribution >= 4 is 59.0 Å². The van der Waals surface area contributed by atoms with Crippen LogP contribution in [0.5, 0.6) is 0 Å². The molecule has 0 bridgehead atoms. The third-order valence-corrected chi connectivity index (χ3v) is 6.75. The highest BCUT2D eigenvalue weighted by molar-refractivity contribution is 5.98. The molecule has 10 N–H and O–H groups in total. The number of carbonyl (C=O) groups excluding carboxylic acids is 5. The molecule has 0 radical (unpaired) electrons. The maximum Gasteiger partial charge on any atom is 0.413 e. The molecule has 1 aliphatic rings. The second-order valence-corrected chi connectivity index (χ2v) is 10.1. The number of benzene rings is 2. The zero-order chi connectivity index (χ0) is 34.5. The van der Waals surface area contributed by atoms with E-state index in [1.54, 1.807) is 24.3 Å². The average Bonchev–Trinajstić information content (AvgIpc) is 3.03. The molecule has 1 saturated heterocycles. The van der Waals surface area contributed by atoms with Crippen LogP contribution in [0.15, 0.2) is 58.5 Å². The van der Waals surface area contributed by atoms with Gasteiger partial charge in [-0.2, -0.15) is 0 Å². The van der Waals surface area contributed by atoms with Crippen LogP contribution >= 0.6 is 0 Å². The number of hydrogen-bond acceptors (Lipinski definition) is 9. The van der Waals surface area contributed by atoms with Gasteiger partial charge in [-0.25, -0.2) is 14.8 Å². The Morgan fingerprint density at radius 1 is 0.894 bits per heavy atom. The van der Waals surface area contributed by atoms with E-state index in [4.69, 9.17) is 17.2 Å². The van der Waals surface area contributed by atoms with Crippen LogP contribution in [0.1, 0.15) is 33.6 Å². The van der Waals surface area contributed by atoms with Gasteiger partial charge in [0.15, 0.2) is 5.96 Å². The zero-order valence-corrected chi connectivity index (χ0v) is 25.5. The second kappa shape index (κ2) is 16.8.